The molecule has 1 aromatic heterocycles. The van der Waals surface area contributed by atoms with Gasteiger partial charge in [0.15, 0.2) is 9.84 Å². The standard InChI is InChI=1S/C17H21N3O5S/c1-10-15(11(2)20(3)19-10)5-6-16(21)18-13-7-12(17(22)23)8-14(9-13)26(4,24)25/h7-9H,5-6H2,1-4H3,(H,18,21)(H,22,23). The summed E-state index contributed by atoms with van der Waals surface area (Å²) in [5.74, 6) is -1.61. The SMILES string of the molecule is Cc1nn(C)c(C)c1CCC(=O)Nc1cc(C(=O)O)cc(S(C)(=O)=O)c1. The summed E-state index contributed by atoms with van der Waals surface area (Å²) in [6, 6.07) is 3.55. The number of benzene rings is 1. The molecule has 0 aliphatic carbocycles. The van der Waals surface area contributed by atoms with Gasteiger partial charge in [0.25, 0.3) is 0 Å². The summed E-state index contributed by atoms with van der Waals surface area (Å²) in [6.45, 7) is 3.79. The highest BCUT2D eigenvalue weighted by Gasteiger charge is 2.16. The van der Waals surface area contributed by atoms with Crippen molar-refractivity contribution in [3.8, 4) is 0 Å². The lowest BCUT2D eigenvalue weighted by Gasteiger charge is -2.09. The van der Waals surface area contributed by atoms with Crippen LogP contribution in [0.4, 0.5) is 5.69 Å². The highest BCUT2D eigenvalue weighted by molar-refractivity contribution is 7.90. The van der Waals surface area contributed by atoms with Gasteiger partial charge in [-0.05, 0) is 44.0 Å². The Kier molecular flexibility index (Phi) is 5.50. The van der Waals surface area contributed by atoms with E-state index in [0.717, 1.165) is 29.3 Å². The molecule has 0 fully saturated rings. The molecule has 1 heterocycles. The number of sulfone groups is 1. The number of carboxylic acids is 1. The molecular weight excluding hydrogens is 358 g/mol. The Morgan fingerprint density at radius 1 is 1.23 bits per heavy atom. The minimum absolute atomic E-state index is 0.134. The molecule has 2 rings (SSSR count). The van der Waals surface area contributed by atoms with Crippen molar-refractivity contribution in [2.45, 2.75) is 31.6 Å². The third-order valence-electron chi connectivity index (χ3n) is 4.13. The molecule has 0 bridgehead atoms. The number of carboxylic acid groups (broad SMARTS) is 1. The highest BCUT2D eigenvalue weighted by Crippen LogP contribution is 2.20. The molecule has 0 radical (unpaired) electrons. The van der Waals surface area contributed by atoms with E-state index < -0.39 is 15.8 Å². The molecule has 0 unspecified atom stereocenters. The second-order valence-corrected chi connectivity index (χ2v) is 8.16. The van der Waals surface area contributed by atoms with Crippen molar-refractivity contribution in [2.75, 3.05) is 11.6 Å². The van der Waals surface area contributed by atoms with Crippen molar-refractivity contribution in [2.24, 2.45) is 7.05 Å². The number of hydrogen-bond acceptors (Lipinski definition) is 5. The van der Waals surface area contributed by atoms with Crippen LogP contribution in [0.15, 0.2) is 23.1 Å². The van der Waals surface area contributed by atoms with Crippen LogP contribution in [0.25, 0.3) is 0 Å². The van der Waals surface area contributed by atoms with Gasteiger partial charge in [-0.1, -0.05) is 0 Å². The summed E-state index contributed by atoms with van der Waals surface area (Å²) in [7, 11) is -1.78. The van der Waals surface area contributed by atoms with E-state index in [1.807, 2.05) is 20.9 Å². The van der Waals surface area contributed by atoms with Crippen LogP contribution < -0.4 is 5.32 Å². The Balaban J connectivity index is 2.18. The van der Waals surface area contributed by atoms with Gasteiger partial charge in [0.1, 0.15) is 0 Å². The fourth-order valence-electron chi connectivity index (χ4n) is 2.65. The molecule has 1 aromatic carbocycles. The van der Waals surface area contributed by atoms with Gasteiger partial charge in [0, 0.05) is 31.1 Å². The number of anilines is 1. The number of carbonyl (C=O) groups excluding carboxylic acids is 1. The molecular formula is C17H21N3O5S. The van der Waals surface area contributed by atoms with Crippen molar-refractivity contribution < 1.29 is 23.1 Å². The van der Waals surface area contributed by atoms with Crippen LogP contribution in [0.5, 0.6) is 0 Å². The van der Waals surface area contributed by atoms with Crippen LogP contribution in [0.2, 0.25) is 0 Å². The first-order valence-electron chi connectivity index (χ1n) is 7.86. The molecule has 0 saturated heterocycles. The number of aromatic nitrogens is 2. The fraction of sp³-hybridized carbons (Fsp3) is 0.353. The van der Waals surface area contributed by atoms with Gasteiger partial charge in [-0.3, -0.25) is 9.48 Å². The lowest BCUT2D eigenvalue weighted by atomic mass is 10.1. The first-order valence-corrected chi connectivity index (χ1v) is 9.75. The fourth-order valence-corrected chi connectivity index (χ4v) is 3.33. The number of nitrogens with one attached hydrogen (secondary N) is 1. The van der Waals surface area contributed by atoms with Crippen LogP contribution in [-0.2, 0) is 28.1 Å². The second-order valence-electron chi connectivity index (χ2n) is 6.14. The Hall–Kier alpha value is -2.68. The molecule has 140 valence electrons. The Bertz CT molecular complexity index is 977. The molecule has 2 aromatic rings. The summed E-state index contributed by atoms with van der Waals surface area (Å²) >= 11 is 0. The number of hydrogen-bond donors (Lipinski definition) is 2. The number of aromatic carboxylic acids is 1. The predicted octanol–water partition coefficient (Wildman–Crippen LogP) is 1.71. The van der Waals surface area contributed by atoms with Crippen LogP contribution in [-0.4, -0.2) is 41.4 Å². The van der Waals surface area contributed by atoms with Crippen LogP contribution in [0.3, 0.4) is 0 Å². The molecule has 0 atom stereocenters. The minimum Gasteiger partial charge on any atom is -0.478 e. The monoisotopic (exact) mass is 379 g/mol. The largest absolute Gasteiger partial charge is 0.478 e. The summed E-state index contributed by atoms with van der Waals surface area (Å²) < 4.78 is 25.2. The number of carbonyl (C=O) groups is 2. The average Bonchev–Trinajstić information content (AvgIpc) is 2.76. The Morgan fingerprint density at radius 2 is 1.88 bits per heavy atom. The van der Waals surface area contributed by atoms with Crippen molar-refractivity contribution in [1.82, 2.24) is 9.78 Å². The van der Waals surface area contributed by atoms with Gasteiger partial charge in [-0.25, -0.2) is 13.2 Å². The van der Waals surface area contributed by atoms with Gasteiger partial charge >= 0.3 is 5.97 Å². The zero-order chi connectivity index (χ0) is 19.6. The summed E-state index contributed by atoms with van der Waals surface area (Å²) in [5.41, 5.74) is 2.74. The van der Waals surface area contributed by atoms with E-state index in [-0.39, 0.29) is 28.5 Å². The third-order valence-corrected chi connectivity index (χ3v) is 5.22. The lowest BCUT2D eigenvalue weighted by Crippen LogP contribution is -2.14. The summed E-state index contributed by atoms with van der Waals surface area (Å²) in [4.78, 5) is 23.3. The maximum atomic E-state index is 12.2. The molecule has 1 amide bonds. The lowest BCUT2D eigenvalue weighted by molar-refractivity contribution is -0.116. The van der Waals surface area contributed by atoms with Crippen LogP contribution in [0, 0.1) is 13.8 Å². The van der Waals surface area contributed by atoms with Crippen molar-refractivity contribution in [1.29, 1.82) is 0 Å². The van der Waals surface area contributed by atoms with Gasteiger partial charge in [0.05, 0.1) is 16.2 Å². The van der Waals surface area contributed by atoms with E-state index in [2.05, 4.69) is 10.4 Å². The maximum absolute atomic E-state index is 12.2. The smallest absolute Gasteiger partial charge is 0.335 e. The molecule has 9 heteroatoms. The first kappa shape index (κ1) is 19.6. The van der Waals surface area contributed by atoms with E-state index in [4.69, 9.17) is 5.11 Å². The molecule has 0 aliphatic heterocycles. The Labute approximate surface area is 151 Å². The maximum Gasteiger partial charge on any atom is 0.335 e. The van der Waals surface area contributed by atoms with E-state index in [1.54, 1.807) is 4.68 Å². The zero-order valence-corrected chi connectivity index (χ0v) is 15.8. The first-order chi connectivity index (χ1) is 12.0. The molecule has 2 N–H and O–H groups in total. The van der Waals surface area contributed by atoms with Crippen LogP contribution >= 0.6 is 0 Å². The van der Waals surface area contributed by atoms with Gasteiger partial charge in [-0.2, -0.15) is 5.10 Å². The minimum atomic E-state index is -3.61. The number of amides is 1. The molecule has 0 saturated carbocycles. The quantitative estimate of drug-likeness (QED) is 0.789. The molecule has 0 spiro atoms. The van der Waals surface area contributed by atoms with Crippen molar-refractivity contribution in [3.05, 3.63) is 40.7 Å². The average molecular weight is 379 g/mol. The zero-order valence-electron chi connectivity index (χ0n) is 15.0. The van der Waals surface area contributed by atoms with E-state index in [9.17, 15) is 18.0 Å². The normalized spacial score (nSPS) is 11.4. The molecule has 26 heavy (non-hydrogen) atoms. The van der Waals surface area contributed by atoms with Gasteiger partial charge < -0.3 is 10.4 Å². The second kappa shape index (κ2) is 7.28. The Morgan fingerprint density at radius 3 is 2.38 bits per heavy atom. The highest BCUT2D eigenvalue weighted by atomic mass is 32.2. The van der Waals surface area contributed by atoms with E-state index in [0.29, 0.717) is 6.42 Å². The van der Waals surface area contributed by atoms with Crippen molar-refractivity contribution in [3.63, 3.8) is 0 Å². The van der Waals surface area contributed by atoms with Gasteiger partial charge in [-0.15, -0.1) is 0 Å². The van der Waals surface area contributed by atoms with Crippen molar-refractivity contribution >= 4 is 27.4 Å². The van der Waals surface area contributed by atoms with E-state index >= 15 is 0 Å². The topological polar surface area (TPSA) is 118 Å². The predicted molar refractivity (Wildman–Crippen MR) is 96.1 cm³/mol. The molecule has 0 aliphatic rings. The van der Waals surface area contributed by atoms with Crippen LogP contribution in [0.1, 0.15) is 33.7 Å². The van der Waals surface area contributed by atoms with E-state index in [1.165, 1.54) is 12.1 Å². The molecule has 8 nitrogen and oxygen atoms in total. The number of rotatable bonds is 6. The summed E-state index contributed by atoms with van der Waals surface area (Å²) in [6.07, 6.45) is 1.63. The van der Waals surface area contributed by atoms with Gasteiger partial charge in [0.2, 0.25) is 5.91 Å². The third kappa shape index (κ3) is 4.48. The number of aryl methyl sites for hydroxylation is 2. The summed E-state index contributed by atoms with van der Waals surface area (Å²) in [5, 5.41) is 16.0. The number of nitrogens with zero attached hydrogens (tertiary/aromatic N) is 2.